The Kier molecular flexibility index (Phi) is 15.8. The van der Waals surface area contributed by atoms with Gasteiger partial charge in [-0.1, -0.05) is 119 Å². The molecule has 4 aromatic rings. The minimum atomic E-state index is -0.953. The van der Waals surface area contributed by atoms with E-state index in [1.165, 1.54) is 6.92 Å². The van der Waals surface area contributed by atoms with Gasteiger partial charge in [-0.05, 0) is 53.0 Å². The molecule has 1 heterocycles. The van der Waals surface area contributed by atoms with Gasteiger partial charge in [-0.2, -0.15) is 0 Å². The van der Waals surface area contributed by atoms with Crippen LogP contribution in [0.1, 0.15) is 111 Å². The summed E-state index contributed by atoms with van der Waals surface area (Å²) in [6.45, 7) is 8.96. The summed E-state index contributed by atoms with van der Waals surface area (Å²) < 4.78 is 11.6. The number of amides is 3. The summed E-state index contributed by atoms with van der Waals surface area (Å²) >= 11 is 1.16. The highest BCUT2D eigenvalue weighted by atomic mass is 32.1. The number of thiazole rings is 1. The van der Waals surface area contributed by atoms with Gasteiger partial charge in [-0.3, -0.25) is 19.2 Å². The third-order valence-electron chi connectivity index (χ3n) is 10.9. The van der Waals surface area contributed by atoms with Gasteiger partial charge in [0.2, 0.25) is 5.91 Å². The van der Waals surface area contributed by atoms with Gasteiger partial charge in [0.25, 0.3) is 5.91 Å². The van der Waals surface area contributed by atoms with E-state index in [4.69, 9.17) is 9.47 Å². The second-order valence-corrected chi connectivity index (χ2v) is 16.6. The highest BCUT2D eigenvalue weighted by molar-refractivity contribution is 7.09. The Morgan fingerprint density at radius 3 is 2.10 bits per heavy atom. The van der Waals surface area contributed by atoms with Gasteiger partial charge < -0.3 is 30.1 Å². The average Bonchev–Trinajstić information content (AvgIpc) is 3.83. The van der Waals surface area contributed by atoms with Crippen molar-refractivity contribution in [2.75, 3.05) is 13.7 Å². The highest BCUT2D eigenvalue weighted by Crippen LogP contribution is 2.44. The van der Waals surface area contributed by atoms with Crippen molar-refractivity contribution in [2.45, 2.75) is 103 Å². The van der Waals surface area contributed by atoms with Crippen LogP contribution < -0.4 is 10.6 Å². The lowest BCUT2D eigenvalue weighted by molar-refractivity contribution is -0.148. The van der Waals surface area contributed by atoms with E-state index in [2.05, 4.69) is 27.8 Å². The summed E-state index contributed by atoms with van der Waals surface area (Å²) in [7, 11) is 1.68. The van der Waals surface area contributed by atoms with Crippen LogP contribution >= 0.6 is 11.3 Å². The molecule has 0 bridgehead atoms. The van der Waals surface area contributed by atoms with E-state index in [-0.39, 0.29) is 42.9 Å². The molecule has 1 aliphatic carbocycles. The third kappa shape index (κ3) is 11.8. The quantitative estimate of drug-likeness (QED) is 0.0746. The molecule has 0 spiro atoms. The molecule has 0 radical (unpaired) electrons. The minimum Gasteiger partial charge on any atom is -0.481 e. The van der Waals surface area contributed by atoms with Gasteiger partial charge in [-0.25, -0.2) is 9.78 Å². The van der Waals surface area contributed by atoms with Gasteiger partial charge in [0.15, 0.2) is 6.10 Å². The summed E-state index contributed by atoms with van der Waals surface area (Å²) in [6, 6.07) is 23.9. The molecule has 1 aromatic heterocycles. The Morgan fingerprint density at radius 2 is 1.51 bits per heavy atom. The van der Waals surface area contributed by atoms with Crippen molar-refractivity contribution in [3.8, 4) is 11.1 Å². The maximum atomic E-state index is 14.2. The Labute approximate surface area is 350 Å². The number of aliphatic carboxylic acids is 1. The fourth-order valence-corrected chi connectivity index (χ4v) is 8.61. The summed E-state index contributed by atoms with van der Waals surface area (Å²) in [5, 5.41) is 17.4. The molecule has 3 amide bonds. The molecular formula is C46H56N4O8S. The number of hydrogen-bond acceptors (Lipinski definition) is 9. The number of carboxylic acids is 1. The van der Waals surface area contributed by atoms with Crippen LogP contribution in [0.4, 0.5) is 4.79 Å². The van der Waals surface area contributed by atoms with Gasteiger partial charge in [0, 0.05) is 43.8 Å². The van der Waals surface area contributed by atoms with E-state index >= 15 is 0 Å². The van der Waals surface area contributed by atoms with Crippen molar-refractivity contribution in [3.63, 3.8) is 0 Å². The number of nitrogens with zero attached hydrogens (tertiary/aromatic N) is 2. The van der Waals surface area contributed by atoms with Crippen LogP contribution in [-0.4, -0.2) is 76.6 Å². The first-order chi connectivity index (χ1) is 28.3. The summed E-state index contributed by atoms with van der Waals surface area (Å²) in [4.78, 5) is 71.5. The first kappa shape index (κ1) is 44.5. The van der Waals surface area contributed by atoms with E-state index < -0.39 is 54.1 Å². The Hall–Kier alpha value is -5.56. The second kappa shape index (κ2) is 20.9. The Balaban J connectivity index is 1.27. The van der Waals surface area contributed by atoms with Gasteiger partial charge in [0.1, 0.15) is 23.4 Å². The van der Waals surface area contributed by atoms with E-state index in [1.54, 1.807) is 24.3 Å². The van der Waals surface area contributed by atoms with Crippen molar-refractivity contribution in [1.29, 1.82) is 0 Å². The summed E-state index contributed by atoms with van der Waals surface area (Å²) in [6.07, 6.45) is 1.20. The predicted molar refractivity (Wildman–Crippen MR) is 227 cm³/mol. The lowest BCUT2D eigenvalue weighted by atomic mass is 9.95. The SMILES string of the molecule is CCCC[C@H](NC(=O)OCC1c2ccccc2-c2ccccc21)C(=O)N(C)[C@@H](C[C@@H](OC(C)=O)c1nc(C(=O)N[C@H](Cc2ccccc2)C[C@H](C)C(=O)O)cs1)C(C)C. The zero-order valence-electron chi connectivity index (χ0n) is 34.7. The number of unbranched alkanes of at least 4 members (excludes halogenated alkanes) is 1. The highest BCUT2D eigenvalue weighted by Gasteiger charge is 2.35. The van der Waals surface area contributed by atoms with Crippen LogP contribution in [0.5, 0.6) is 0 Å². The van der Waals surface area contributed by atoms with Crippen LogP contribution in [0.2, 0.25) is 0 Å². The number of carbonyl (C=O) groups is 5. The molecule has 0 saturated carbocycles. The average molecular weight is 825 g/mol. The van der Waals surface area contributed by atoms with Gasteiger partial charge in [0.05, 0.1) is 5.92 Å². The summed E-state index contributed by atoms with van der Waals surface area (Å²) in [5.74, 6) is -3.18. The first-order valence-corrected chi connectivity index (χ1v) is 21.2. The topological polar surface area (TPSA) is 164 Å². The molecule has 59 heavy (non-hydrogen) atoms. The monoisotopic (exact) mass is 824 g/mol. The second-order valence-electron chi connectivity index (χ2n) is 15.7. The van der Waals surface area contributed by atoms with Crippen LogP contribution in [0, 0.1) is 11.8 Å². The zero-order valence-corrected chi connectivity index (χ0v) is 35.5. The number of aromatic nitrogens is 1. The van der Waals surface area contributed by atoms with Gasteiger partial charge >= 0.3 is 18.0 Å². The first-order valence-electron chi connectivity index (χ1n) is 20.4. The van der Waals surface area contributed by atoms with E-state index in [1.807, 2.05) is 87.5 Å². The number of benzene rings is 3. The number of likely N-dealkylation sites (N-methyl/N-ethyl adjacent to an activating group) is 1. The molecule has 12 nitrogen and oxygen atoms in total. The minimum absolute atomic E-state index is 0.0963. The lowest BCUT2D eigenvalue weighted by Gasteiger charge is -2.35. The van der Waals surface area contributed by atoms with Crippen LogP contribution in [0.3, 0.4) is 0 Å². The molecule has 3 N–H and O–H groups in total. The molecule has 5 atom stereocenters. The standard InChI is InChI=1S/C46H56N4O8S/c1-7-8-22-38(49-46(56)57-26-37-35-20-14-12-18-33(35)34-19-13-15-21-36(34)37)44(53)50(6)40(28(2)3)25-41(58-30(5)51)43-48-39(27-59-43)42(52)47-32(23-29(4)45(54)55)24-31-16-10-9-11-17-31/h9-21,27-29,32,37-38,40-41H,7-8,22-26H2,1-6H3,(H,47,52)(H,49,56)(H,54,55)/t29-,32-,38-,40-,41+/m0/s1. The summed E-state index contributed by atoms with van der Waals surface area (Å²) in [5.41, 5.74) is 5.48. The fraction of sp³-hybridized carbons (Fsp3) is 0.435. The van der Waals surface area contributed by atoms with Crippen molar-refractivity contribution in [2.24, 2.45) is 11.8 Å². The van der Waals surface area contributed by atoms with E-state index in [0.717, 1.165) is 45.6 Å². The van der Waals surface area contributed by atoms with E-state index in [9.17, 15) is 29.1 Å². The van der Waals surface area contributed by atoms with E-state index in [0.29, 0.717) is 24.3 Å². The molecule has 314 valence electrons. The maximum Gasteiger partial charge on any atom is 0.407 e. The van der Waals surface area contributed by atoms with Crippen LogP contribution in [0.25, 0.3) is 11.1 Å². The number of carbonyl (C=O) groups excluding carboxylic acids is 4. The zero-order chi connectivity index (χ0) is 42.6. The molecule has 5 rings (SSSR count). The van der Waals surface area contributed by atoms with Crippen molar-refractivity contribution >= 4 is 41.2 Å². The number of esters is 1. The van der Waals surface area contributed by atoms with Crippen LogP contribution in [-0.2, 0) is 30.3 Å². The number of carboxylic acid groups (broad SMARTS) is 1. The normalized spacial score (nSPS) is 14.6. The molecular weight excluding hydrogens is 769 g/mol. The predicted octanol–water partition coefficient (Wildman–Crippen LogP) is 8.17. The number of alkyl carbamates (subject to hydrolysis) is 1. The molecule has 1 aliphatic rings. The maximum absolute atomic E-state index is 14.2. The number of hydrogen-bond donors (Lipinski definition) is 3. The molecule has 13 heteroatoms. The smallest absolute Gasteiger partial charge is 0.407 e. The number of nitrogens with one attached hydrogen (secondary N) is 2. The number of fused-ring (bicyclic) bond motifs is 3. The van der Waals surface area contributed by atoms with Crippen molar-refractivity contribution in [1.82, 2.24) is 20.5 Å². The largest absolute Gasteiger partial charge is 0.481 e. The van der Waals surface area contributed by atoms with Crippen molar-refractivity contribution < 1.29 is 38.6 Å². The van der Waals surface area contributed by atoms with Crippen LogP contribution in [0.15, 0.2) is 84.2 Å². The van der Waals surface area contributed by atoms with Gasteiger partial charge in [-0.15, -0.1) is 11.3 Å². The molecule has 0 saturated heterocycles. The molecule has 0 aliphatic heterocycles. The third-order valence-corrected chi connectivity index (χ3v) is 11.8. The molecule has 0 unspecified atom stereocenters. The number of rotatable bonds is 20. The Bertz CT molecular complexity index is 2020. The lowest BCUT2D eigenvalue weighted by Crippen LogP contribution is -2.52. The Morgan fingerprint density at radius 1 is 0.881 bits per heavy atom. The molecule has 3 aromatic carbocycles. The number of ether oxygens (including phenoxy) is 2. The van der Waals surface area contributed by atoms with Crippen molar-refractivity contribution in [3.05, 3.63) is 112 Å². The molecule has 0 fully saturated rings. The fourth-order valence-electron chi connectivity index (χ4n) is 7.77.